The molecule has 1 amide bonds. The lowest BCUT2D eigenvalue weighted by molar-refractivity contribution is -0.134. The van der Waals surface area contributed by atoms with Crippen LogP contribution in [0.3, 0.4) is 0 Å². The van der Waals surface area contributed by atoms with Crippen molar-refractivity contribution in [1.29, 1.82) is 0 Å². The number of piperidine rings is 1. The number of hydrogen-bond acceptors (Lipinski definition) is 3. The molecule has 2 aliphatic heterocycles. The highest BCUT2D eigenvalue weighted by molar-refractivity contribution is 5.82. The van der Waals surface area contributed by atoms with Crippen LogP contribution in [0.15, 0.2) is 24.3 Å². The lowest BCUT2D eigenvalue weighted by Gasteiger charge is -2.32. The molecule has 2 N–H and O–H groups in total. The normalized spacial score (nSPS) is 24.6. The van der Waals surface area contributed by atoms with Crippen molar-refractivity contribution < 1.29 is 13.6 Å². The Kier molecular flexibility index (Phi) is 3.75. The van der Waals surface area contributed by atoms with Crippen molar-refractivity contribution in [2.45, 2.75) is 37.1 Å². The Morgan fingerprint density at radius 3 is 2.67 bits per heavy atom. The van der Waals surface area contributed by atoms with E-state index < -0.39 is 24.9 Å². The van der Waals surface area contributed by atoms with E-state index in [-0.39, 0.29) is 11.8 Å². The van der Waals surface area contributed by atoms with Gasteiger partial charge in [-0.25, -0.2) is 13.8 Å². The van der Waals surface area contributed by atoms with Crippen molar-refractivity contribution in [3.8, 4) is 0 Å². The summed E-state index contributed by atoms with van der Waals surface area (Å²) in [6.07, 6.45) is 1.21. The van der Waals surface area contributed by atoms with Crippen LogP contribution >= 0.6 is 0 Å². The molecule has 1 atom stereocenters. The number of aromatic nitrogens is 2. The summed E-state index contributed by atoms with van der Waals surface area (Å²) < 4.78 is 26.5. The average Bonchev–Trinajstić information content (AvgIpc) is 3.17. The van der Waals surface area contributed by atoms with Gasteiger partial charge in [0.05, 0.1) is 23.6 Å². The summed E-state index contributed by atoms with van der Waals surface area (Å²) in [7, 11) is 0. The number of H-pyrrole nitrogens is 1. The first kappa shape index (κ1) is 15.5. The van der Waals surface area contributed by atoms with Crippen LogP contribution in [0, 0.1) is 0 Å². The van der Waals surface area contributed by atoms with E-state index in [1.807, 2.05) is 24.3 Å². The fraction of sp³-hybridized carbons (Fsp3) is 0.529. The van der Waals surface area contributed by atoms with Gasteiger partial charge in [-0.15, -0.1) is 0 Å². The Bertz CT molecular complexity index is 719. The fourth-order valence-corrected chi connectivity index (χ4v) is 3.65. The Balaban J connectivity index is 1.39. The number of halogens is 2. The molecule has 2 aliphatic rings. The van der Waals surface area contributed by atoms with Gasteiger partial charge in [-0.1, -0.05) is 12.1 Å². The molecule has 3 heterocycles. The third kappa shape index (κ3) is 2.88. The highest BCUT2D eigenvalue weighted by Gasteiger charge is 2.44. The first-order valence-electron chi connectivity index (χ1n) is 8.36. The minimum absolute atomic E-state index is 0.199. The van der Waals surface area contributed by atoms with Crippen LogP contribution < -0.4 is 5.32 Å². The quantitative estimate of drug-likeness (QED) is 0.886. The number of amides is 1. The molecule has 0 spiro atoms. The molecular weight excluding hydrogens is 314 g/mol. The zero-order valence-corrected chi connectivity index (χ0v) is 13.3. The highest BCUT2D eigenvalue weighted by atomic mass is 19.3. The summed E-state index contributed by atoms with van der Waals surface area (Å²) in [5.41, 5.74) is 1.96. The van der Waals surface area contributed by atoms with E-state index in [1.165, 1.54) is 0 Å². The molecule has 1 aromatic heterocycles. The topological polar surface area (TPSA) is 61.0 Å². The second-order valence-corrected chi connectivity index (χ2v) is 6.73. The van der Waals surface area contributed by atoms with Crippen molar-refractivity contribution in [3.05, 3.63) is 30.1 Å². The van der Waals surface area contributed by atoms with Crippen LogP contribution in [0.2, 0.25) is 0 Å². The van der Waals surface area contributed by atoms with Crippen LogP contribution in [0.25, 0.3) is 11.0 Å². The van der Waals surface area contributed by atoms with Gasteiger partial charge in [-0.2, -0.15) is 0 Å². The largest absolute Gasteiger partial charge is 0.342 e. The van der Waals surface area contributed by atoms with Gasteiger partial charge in [0.2, 0.25) is 5.91 Å². The molecule has 2 aromatic rings. The minimum Gasteiger partial charge on any atom is -0.342 e. The van der Waals surface area contributed by atoms with Gasteiger partial charge < -0.3 is 9.88 Å². The molecule has 128 valence electrons. The van der Waals surface area contributed by atoms with E-state index in [1.54, 1.807) is 4.90 Å². The number of rotatable bonds is 2. The molecule has 0 radical (unpaired) electrons. The molecule has 2 saturated heterocycles. The zero-order valence-electron chi connectivity index (χ0n) is 13.3. The molecular formula is C17H20F2N4O. The van der Waals surface area contributed by atoms with E-state index >= 15 is 0 Å². The van der Waals surface area contributed by atoms with Gasteiger partial charge in [0.15, 0.2) is 0 Å². The number of benzene rings is 1. The Morgan fingerprint density at radius 1 is 1.25 bits per heavy atom. The second kappa shape index (κ2) is 5.81. The Labute approximate surface area is 138 Å². The smallest absolute Gasteiger partial charge is 0.262 e. The molecule has 7 heteroatoms. The number of alkyl halides is 2. The number of nitrogens with one attached hydrogen (secondary N) is 2. The van der Waals surface area contributed by atoms with Crippen LogP contribution in [0.4, 0.5) is 8.78 Å². The van der Waals surface area contributed by atoms with Crippen molar-refractivity contribution in [3.63, 3.8) is 0 Å². The number of hydrogen-bond donors (Lipinski definition) is 2. The molecule has 0 bridgehead atoms. The molecule has 2 fully saturated rings. The molecule has 4 rings (SSSR count). The van der Waals surface area contributed by atoms with E-state index in [2.05, 4.69) is 15.3 Å². The van der Waals surface area contributed by atoms with Crippen LogP contribution in [0.1, 0.15) is 31.0 Å². The Morgan fingerprint density at radius 2 is 2.00 bits per heavy atom. The molecule has 1 aromatic carbocycles. The number of likely N-dealkylation sites (tertiary alicyclic amines) is 1. The molecule has 24 heavy (non-hydrogen) atoms. The van der Waals surface area contributed by atoms with Gasteiger partial charge >= 0.3 is 0 Å². The van der Waals surface area contributed by atoms with Gasteiger partial charge in [0.1, 0.15) is 5.82 Å². The van der Waals surface area contributed by atoms with E-state index in [0.717, 1.165) is 29.7 Å². The highest BCUT2D eigenvalue weighted by Crippen LogP contribution is 2.30. The van der Waals surface area contributed by atoms with Crippen molar-refractivity contribution in [2.24, 2.45) is 0 Å². The summed E-state index contributed by atoms with van der Waals surface area (Å²) in [4.78, 5) is 22.1. The lowest BCUT2D eigenvalue weighted by atomic mass is 9.95. The summed E-state index contributed by atoms with van der Waals surface area (Å²) in [5.74, 6) is -1.74. The van der Waals surface area contributed by atoms with Gasteiger partial charge in [-0.3, -0.25) is 10.1 Å². The van der Waals surface area contributed by atoms with Crippen molar-refractivity contribution >= 4 is 16.9 Å². The Hall–Kier alpha value is -2.02. The van der Waals surface area contributed by atoms with E-state index in [4.69, 9.17) is 0 Å². The first-order chi connectivity index (χ1) is 11.5. The summed E-state index contributed by atoms with van der Waals surface area (Å²) >= 11 is 0. The minimum atomic E-state index is -2.77. The number of fused-ring (bicyclic) bond motifs is 1. The van der Waals surface area contributed by atoms with Crippen LogP contribution in [0.5, 0.6) is 0 Å². The molecule has 5 nitrogen and oxygen atoms in total. The van der Waals surface area contributed by atoms with Gasteiger partial charge in [0.25, 0.3) is 5.92 Å². The second-order valence-electron chi connectivity index (χ2n) is 6.73. The van der Waals surface area contributed by atoms with E-state index in [9.17, 15) is 13.6 Å². The number of para-hydroxylation sites is 2. The van der Waals surface area contributed by atoms with Gasteiger partial charge in [-0.05, 0) is 25.0 Å². The first-order valence-corrected chi connectivity index (χ1v) is 8.36. The maximum atomic E-state index is 13.3. The van der Waals surface area contributed by atoms with Crippen molar-refractivity contribution in [1.82, 2.24) is 20.2 Å². The van der Waals surface area contributed by atoms with E-state index in [0.29, 0.717) is 13.1 Å². The summed E-state index contributed by atoms with van der Waals surface area (Å²) in [6, 6.07) is 7.15. The summed E-state index contributed by atoms with van der Waals surface area (Å²) in [6.45, 7) is 0.771. The van der Waals surface area contributed by atoms with Gasteiger partial charge in [0, 0.05) is 25.4 Å². The number of aromatic amines is 1. The standard InChI is InChI=1S/C17H20F2N4O/c18-17(19)9-14(20-10-17)16(24)23-7-5-11(6-8-23)15-21-12-3-1-2-4-13(12)22-15/h1-4,11,14,20H,5-10H2,(H,21,22). The molecule has 0 saturated carbocycles. The maximum Gasteiger partial charge on any atom is 0.262 e. The number of nitrogens with zero attached hydrogens (tertiary/aromatic N) is 2. The molecule has 1 unspecified atom stereocenters. The lowest BCUT2D eigenvalue weighted by Crippen LogP contribution is -2.46. The molecule has 0 aliphatic carbocycles. The third-order valence-corrected chi connectivity index (χ3v) is 5.01. The number of imidazole rings is 1. The number of carbonyl (C=O) groups excluding carboxylic acids is 1. The summed E-state index contributed by atoms with van der Waals surface area (Å²) in [5, 5.41) is 2.64. The number of carbonyl (C=O) groups is 1. The SMILES string of the molecule is O=C(C1CC(F)(F)CN1)N1CCC(c2nc3ccccc3[nH]2)CC1. The van der Waals surface area contributed by atoms with Crippen molar-refractivity contribution in [2.75, 3.05) is 19.6 Å². The fourth-order valence-electron chi connectivity index (χ4n) is 3.65. The predicted octanol–water partition coefficient (Wildman–Crippen LogP) is 2.27. The third-order valence-electron chi connectivity index (χ3n) is 5.01. The van der Waals surface area contributed by atoms with Crippen LogP contribution in [-0.4, -0.2) is 52.4 Å². The zero-order chi connectivity index (χ0) is 16.7. The predicted molar refractivity (Wildman–Crippen MR) is 86.0 cm³/mol. The monoisotopic (exact) mass is 334 g/mol. The van der Waals surface area contributed by atoms with Crippen LogP contribution in [-0.2, 0) is 4.79 Å². The average molecular weight is 334 g/mol. The maximum absolute atomic E-state index is 13.3.